The molecule has 1 saturated carbocycles. The van der Waals surface area contributed by atoms with E-state index in [1.807, 2.05) is 0 Å². The molecule has 2 aliphatic heterocycles. The highest BCUT2D eigenvalue weighted by Crippen LogP contribution is 2.42. The van der Waals surface area contributed by atoms with Crippen molar-refractivity contribution in [3.63, 3.8) is 0 Å². The van der Waals surface area contributed by atoms with Crippen LogP contribution in [0.15, 0.2) is 29.2 Å². The molecule has 0 amide bonds. The number of piperidine rings is 1. The SMILES string of the molecule is COc1ccc(S(=O)(=O)N2CCC3(CC2)OOC2(CCCCCC2)OO3)cc1. The van der Waals surface area contributed by atoms with Crippen LogP contribution in [0.3, 0.4) is 0 Å². The Bertz CT molecular complexity index is 752. The molecule has 28 heavy (non-hydrogen) atoms. The van der Waals surface area contributed by atoms with E-state index in [4.69, 9.17) is 24.3 Å². The fourth-order valence-electron chi connectivity index (χ4n) is 3.90. The quantitative estimate of drug-likeness (QED) is 0.704. The molecule has 2 spiro atoms. The standard InChI is InChI=1S/C19H27NO7S/c1-23-16-6-8-17(9-7-16)28(21,22)20-14-12-19(13-15-20)26-24-18(25-27-19)10-4-2-3-5-11-18/h6-9H,2-5,10-15H2,1H3. The van der Waals surface area contributed by atoms with Gasteiger partial charge in [-0.1, -0.05) is 12.8 Å². The summed E-state index contributed by atoms with van der Waals surface area (Å²) in [5, 5.41) is 0. The van der Waals surface area contributed by atoms with Crippen molar-refractivity contribution >= 4 is 10.0 Å². The van der Waals surface area contributed by atoms with Gasteiger partial charge in [0.15, 0.2) is 0 Å². The molecule has 0 N–H and O–H groups in total. The van der Waals surface area contributed by atoms with Crippen molar-refractivity contribution in [1.82, 2.24) is 4.31 Å². The smallest absolute Gasteiger partial charge is 0.243 e. The summed E-state index contributed by atoms with van der Waals surface area (Å²) >= 11 is 0. The van der Waals surface area contributed by atoms with Crippen LogP contribution in [0.5, 0.6) is 5.75 Å². The molecule has 3 aliphatic rings. The third-order valence-corrected chi connectivity index (χ3v) is 7.65. The highest BCUT2D eigenvalue weighted by Gasteiger charge is 2.51. The molecule has 156 valence electrons. The lowest BCUT2D eigenvalue weighted by atomic mass is 10.1. The Labute approximate surface area is 165 Å². The highest BCUT2D eigenvalue weighted by atomic mass is 32.2. The fourth-order valence-corrected chi connectivity index (χ4v) is 5.34. The van der Waals surface area contributed by atoms with Crippen LogP contribution in [0.25, 0.3) is 0 Å². The van der Waals surface area contributed by atoms with Crippen molar-refractivity contribution in [1.29, 1.82) is 0 Å². The topological polar surface area (TPSA) is 83.5 Å². The molecule has 9 heteroatoms. The van der Waals surface area contributed by atoms with Gasteiger partial charge in [-0.15, -0.1) is 0 Å². The summed E-state index contributed by atoms with van der Waals surface area (Å²) in [7, 11) is -2.05. The molecule has 0 aromatic heterocycles. The summed E-state index contributed by atoms with van der Waals surface area (Å²) in [6.45, 7) is 0.516. The normalized spacial score (nSPS) is 25.5. The van der Waals surface area contributed by atoms with Gasteiger partial charge < -0.3 is 4.74 Å². The van der Waals surface area contributed by atoms with Crippen LogP contribution in [-0.2, 0) is 29.6 Å². The molecule has 1 aliphatic carbocycles. The number of methoxy groups -OCH3 is 1. The molecular formula is C19H27NO7S. The molecule has 0 bridgehead atoms. The first-order valence-electron chi connectivity index (χ1n) is 9.85. The number of ether oxygens (including phenoxy) is 1. The van der Waals surface area contributed by atoms with Gasteiger partial charge in [-0.3, -0.25) is 0 Å². The van der Waals surface area contributed by atoms with E-state index in [0.29, 0.717) is 18.6 Å². The van der Waals surface area contributed by atoms with E-state index in [2.05, 4.69) is 0 Å². The zero-order valence-electron chi connectivity index (χ0n) is 16.1. The lowest BCUT2D eigenvalue weighted by Gasteiger charge is -2.45. The van der Waals surface area contributed by atoms with E-state index >= 15 is 0 Å². The Morgan fingerprint density at radius 3 is 1.82 bits per heavy atom. The summed E-state index contributed by atoms with van der Waals surface area (Å²) in [4.78, 5) is 22.9. The monoisotopic (exact) mass is 413 g/mol. The number of sulfonamides is 1. The van der Waals surface area contributed by atoms with E-state index in [9.17, 15) is 8.42 Å². The predicted octanol–water partition coefficient (Wildman–Crippen LogP) is 3.14. The number of benzene rings is 1. The minimum Gasteiger partial charge on any atom is -0.497 e. The zero-order valence-corrected chi connectivity index (χ0v) is 16.9. The highest BCUT2D eigenvalue weighted by molar-refractivity contribution is 7.89. The first kappa shape index (κ1) is 20.1. The Kier molecular flexibility index (Phi) is 5.65. The van der Waals surface area contributed by atoms with Crippen molar-refractivity contribution in [2.75, 3.05) is 20.2 Å². The maximum Gasteiger partial charge on any atom is 0.243 e. The fraction of sp³-hybridized carbons (Fsp3) is 0.684. The van der Waals surface area contributed by atoms with Gasteiger partial charge in [0, 0.05) is 38.8 Å². The summed E-state index contributed by atoms with van der Waals surface area (Å²) in [6.07, 6.45) is 6.45. The third kappa shape index (κ3) is 3.92. The van der Waals surface area contributed by atoms with Crippen molar-refractivity contribution in [3.05, 3.63) is 24.3 Å². The second kappa shape index (κ2) is 7.89. The van der Waals surface area contributed by atoms with E-state index < -0.39 is 21.6 Å². The van der Waals surface area contributed by atoms with Gasteiger partial charge in [0.2, 0.25) is 21.6 Å². The van der Waals surface area contributed by atoms with Crippen LogP contribution in [0.2, 0.25) is 0 Å². The largest absolute Gasteiger partial charge is 0.497 e. The van der Waals surface area contributed by atoms with Gasteiger partial charge in [-0.25, -0.2) is 8.42 Å². The van der Waals surface area contributed by atoms with Gasteiger partial charge in [-0.05, 0) is 37.1 Å². The molecule has 2 saturated heterocycles. The summed E-state index contributed by atoms with van der Waals surface area (Å²) in [5.41, 5.74) is 0. The first-order chi connectivity index (χ1) is 13.5. The summed E-state index contributed by atoms with van der Waals surface area (Å²) in [6, 6.07) is 6.38. The van der Waals surface area contributed by atoms with E-state index in [-0.39, 0.29) is 18.0 Å². The van der Waals surface area contributed by atoms with Gasteiger partial charge in [0.05, 0.1) is 12.0 Å². The molecule has 2 heterocycles. The molecule has 0 unspecified atom stereocenters. The van der Waals surface area contributed by atoms with Crippen LogP contribution in [-0.4, -0.2) is 44.5 Å². The van der Waals surface area contributed by atoms with Crippen LogP contribution < -0.4 is 4.74 Å². The van der Waals surface area contributed by atoms with Gasteiger partial charge in [-0.2, -0.15) is 23.9 Å². The van der Waals surface area contributed by atoms with Crippen LogP contribution >= 0.6 is 0 Å². The Hall–Kier alpha value is -1.23. The van der Waals surface area contributed by atoms with Crippen molar-refractivity contribution in [2.45, 2.75) is 67.8 Å². The number of hydrogen-bond donors (Lipinski definition) is 0. The molecule has 1 aromatic carbocycles. The van der Waals surface area contributed by atoms with Gasteiger partial charge >= 0.3 is 0 Å². The molecule has 3 fully saturated rings. The van der Waals surface area contributed by atoms with Crippen LogP contribution in [0, 0.1) is 0 Å². The van der Waals surface area contributed by atoms with Crippen molar-refractivity contribution in [2.24, 2.45) is 0 Å². The molecule has 0 radical (unpaired) electrons. The van der Waals surface area contributed by atoms with Gasteiger partial charge in [0.1, 0.15) is 5.75 Å². The molecule has 4 rings (SSSR count). The lowest BCUT2D eigenvalue weighted by molar-refractivity contribution is -0.661. The molecular weight excluding hydrogens is 386 g/mol. The van der Waals surface area contributed by atoms with Gasteiger partial charge in [0.25, 0.3) is 0 Å². The average molecular weight is 413 g/mol. The van der Waals surface area contributed by atoms with E-state index in [0.717, 1.165) is 38.5 Å². The van der Waals surface area contributed by atoms with Crippen molar-refractivity contribution in [3.8, 4) is 5.75 Å². The maximum absolute atomic E-state index is 12.9. The molecule has 8 nitrogen and oxygen atoms in total. The van der Waals surface area contributed by atoms with Crippen LogP contribution in [0.1, 0.15) is 51.4 Å². The number of hydrogen-bond acceptors (Lipinski definition) is 7. The third-order valence-electron chi connectivity index (χ3n) is 5.74. The van der Waals surface area contributed by atoms with E-state index in [1.54, 1.807) is 31.4 Å². The Morgan fingerprint density at radius 1 is 0.821 bits per heavy atom. The summed E-state index contributed by atoms with van der Waals surface area (Å²) < 4.78 is 32.3. The molecule has 0 atom stereocenters. The minimum atomic E-state index is -3.59. The number of nitrogens with zero attached hydrogens (tertiary/aromatic N) is 1. The Morgan fingerprint density at radius 2 is 1.32 bits per heavy atom. The molecule has 1 aromatic rings. The second-order valence-corrected chi connectivity index (χ2v) is 9.59. The number of rotatable bonds is 3. The summed E-state index contributed by atoms with van der Waals surface area (Å²) in [5.74, 6) is -1.26. The lowest BCUT2D eigenvalue weighted by Crippen LogP contribution is -2.55. The predicted molar refractivity (Wildman–Crippen MR) is 98.5 cm³/mol. The minimum absolute atomic E-state index is 0.236. The van der Waals surface area contributed by atoms with E-state index in [1.165, 1.54) is 4.31 Å². The maximum atomic E-state index is 12.9. The first-order valence-corrected chi connectivity index (χ1v) is 11.3. The van der Waals surface area contributed by atoms with Crippen LogP contribution in [0.4, 0.5) is 0 Å². The Balaban J connectivity index is 1.37. The second-order valence-electron chi connectivity index (χ2n) is 7.65. The van der Waals surface area contributed by atoms with Crippen molar-refractivity contribution < 1.29 is 32.7 Å². The zero-order chi connectivity index (χ0) is 19.7. The average Bonchev–Trinajstić information content (AvgIpc) is 2.97.